The Labute approximate surface area is 83.1 Å². The number of alkyl carbamates (subject to hydrolysis) is 1. The van der Waals surface area contributed by atoms with Gasteiger partial charge in [-0.15, -0.1) is 0 Å². The van der Waals surface area contributed by atoms with Gasteiger partial charge in [0.05, 0.1) is 6.04 Å². The maximum Gasteiger partial charge on any atom is 0.406 e. The van der Waals surface area contributed by atoms with Crippen LogP contribution in [0.15, 0.2) is 30.3 Å². The van der Waals surface area contributed by atoms with Gasteiger partial charge in [0.15, 0.2) is 0 Å². The highest BCUT2D eigenvalue weighted by molar-refractivity contribution is 5.66. The summed E-state index contributed by atoms with van der Waals surface area (Å²) in [4.78, 5) is 10.8. The van der Waals surface area contributed by atoms with Gasteiger partial charge in [-0.25, -0.2) is 4.79 Å². The van der Waals surface area contributed by atoms with Gasteiger partial charge < -0.3 is 15.8 Å². The van der Waals surface area contributed by atoms with Crippen LogP contribution < -0.4 is 11.1 Å². The van der Waals surface area contributed by atoms with Crippen molar-refractivity contribution in [2.24, 2.45) is 5.73 Å². The van der Waals surface area contributed by atoms with Crippen LogP contribution in [-0.4, -0.2) is 19.7 Å². The van der Waals surface area contributed by atoms with E-state index in [4.69, 9.17) is 10.5 Å². The smallest absolute Gasteiger partial charge is 0.406 e. The van der Waals surface area contributed by atoms with Crippen molar-refractivity contribution in [2.75, 3.05) is 13.7 Å². The van der Waals surface area contributed by atoms with E-state index in [1.807, 2.05) is 30.3 Å². The molecule has 1 amide bonds. The maximum absolute atomic E-state index is 10.8. The van der Waals surface area contributed by atoms with Crippen molar-refractivity contribution in [1.29, 1.82) is 0 Å². The minimum atomic E-state index is -0.462. The highest BCUT2D eigenvalue weighted by Gasteiger charge is 2.07. The summed E-state index contributed by atoms with van der Waals surface area (Å²) in [5.74, 6) is 0. The average Bonchev–Trinajstić information content (AvgIpc) is 2.26. The van der Waals surface area contributed by atoms with Crippen molar-refractivity contribution < 1.29 is 9.53 Å². The van der Waals surface area contributed by atoms with Gasteiger partial charge in [0.25, 0.3) is 0 Å². The van der Waals surface area contributed by atoms with Crippen LogP contribution in [0.2, 0.25) is 0 Å². The van der Waals surface area contributed by atoms with E-state index < -0.39 is 6.09 Å². The number of benzene rings is 1. The summed E-state index contributed by atoms with van der Waals surface area (Å²) in [6, 6.07) is 9.24. The molecule has 0 spiro atoms. The SMILES string of the molecule is CNC(=O)OC[C@@H](N)c1ccccc1. The van der Waals surface area contributed by atoms with Crippen LogP contribution >= 0.6 is 0 Å². The summed E-state index contributed by atoms with van der Waals surface area (Å²) >= 11 is 0. The fraction of sp³-hybridized carbons (Fsp3) is 0.300. The Kier molecular flexibility index (Phi) is 3.94. The molecule has 14 heavy (non-hydrogen) atoms. The quantitative estimate of drug-likeness (QED) is 0.755. The van der Waals surface area contributed by atoms with E-state index in [-0.39, 0.29) is 12.6 Å². The summed E-state index contributed by atoms with van der Waals surface area (Å²) in [6.07, 6.45) is -0.462. The van der Waals surface area contributed by atoms with E-state index in [1.165, 1.54) is 7.05 Å². The zero-order valence-electron chi connectivity index (χ0n) is 8.07. The molecule has 4 heteroatoms. The molecule has 1 aromatic carbocycles. The first kappa shape index (κ1) is 10.5. The first-order valence-corrected chi connectivity index (χ1v) is 4.39. The van der Waals surface area contributed by atoms with Crippen molar-refractivity contribution in [3.8, 4) is 0 Å². The molecular formula is C10H14N2O2. The number of carbonyl (C=O) groups is 1. The molecule has 0 unspecified atom stereocenters. The number of hydrogen-bond acceptors (Lipinski definition) is 3. The van der Waals surface area contributed by atoms with E-state index >= 15 is 0 Å². The van der Waals surface area contributed by atoms with E-state index in [9.17, 15) is 4.79 Å². The lowest BCUT2D eigenvalue weighted by molar-refractivity contribution is 0.141. The monoisotopic (exact) mass is 194 g/mol. The molecule has 3 N–H and O–H groups in total. The number of carbonyl (C=O) groups excluding carboxylic acids is 1. The van der Waals surface area contributed by atoms with Crippen LogP contribution in [0, 0.1) is 0 Å². The highest BCUT2D eigenvalue weighted by Crippen LogP contribution is 2.09. The van der Waals surface area contributed by atoms with Crippen LogP contribution in [0.1, 0.15) is 11.6 Å². The van der Waals surface area contributed by atoms with E-state index in [0.717, 1.165) is 5.56 Å². The molecule has 0 radical (unpaired) electrons. The molecule has 0 aliphatic heterocycles. The molecule has 4 nitrogen and oxygen atoms in total. The Morgan fingerprint density at radius 2 is 2.14 bits per heavy atom. The second-order valence-electron chi connectivity index (χ2n) is 2.87. The Balaban J connectivity index is 2.43. The third-order valence-electron chi connectivity index (χ3n) is 1.83. The molecule has 0 aliphatic carbocycles. The predicted molar refractivity (Wildman–Crippen MR) is 53.8 cm³/mol. The largest absolute Gasteiger partial charge is 0.448 e. The number of rotatable bonds is 3. The van der Waals surface area contributed by atoms with Crippen molar-refractivity contribution in [1.82, 2.24) is 5.32 Å². The number of hydrogen-bond donors (Lipinski definition) is 2. The lowest BCUT2D eigenvalue weighted by atomic mass is 10.1. The van der Waals surface area contributed by atoms with Gasteiger partial charge in [-0.3, -0.25) is 0 Å². The first-order valence-electron chi connectivity index (χ1n) is 4.39. The second-order valence-corrected chi connectivity index (χ2v) is 2.87. The number of amides is 1. The normalized spacial score (nSPS) is 11.9. The summed E-state index contributed by atoms with van der Waals surface area (Å²) < 4.78 is 4.83. The van der Waals surface area contributed by atoms with Gasteiger partial charge in [0.1, 0.15) is 6.61 Å². The molecule has 0 fully saturated rings. The minimum Gasteiger partial charge on any atom is -0.448 e. The molecule has 76 valence electrons. The van der Waals surface area contributed by atoms with Gasteiger partial charge in [0, 0.05) is 7.05 Å². The number of ether oxygens (including phenoxy) is 1. The summed E-state index contributed by atoms with van der Waals surface area (Å²) in [7, 11) is 1.51. The molecule has 1 aromatic rings. The van der Waals surface area contributed by atoms with Crippen LogP contribution in [-0.2, 0) is 4.74 Å². The molecule has 0 bridgehead atoms. The van der Waals surface area contributed by atoms with Gasteiger partial charge in [-0.2, -0.15) is 0 Å². The Morgan fingerprint density at radius 1 is 1.50 bits per heavy atom. The fourth-order valence-corrected chi connectivity index (χ4v) is 1.03. The highest BCUT2D eigenvalue weighted by atomic mass is 16.5. The van der Waals surface area contributed by atoms with Gasteiger partial charge in [-0.1, -0.05) is 30.3 Å². The van der Waals surface area contributed by atoms with E-state index in [0.29, 0.717) is 0 Å². The molecule has 0 heterocycles. The van der Waals surface area contributed by atoms with Crippen molar-refractivity contribution in [3.05, 3.63) is 35.9 Å². The van der Waals surface area contributed by atoms with Crippen LogP contribution in [0.3, 0.4) is 0 Å². The van der Waals surface area contributed by atoms with Gasteiger partial charge in [0.2, 0.25) is 0 Å². The number of nitrogens with one attached hydrogen (secondary N) is 1. The molecule has 0 saturated carbocycles. The zero-order valence-corrected chi connectivity index (χ0v) is 8.07. The van der Waals surface area contributed by atoms with Crippen molar-refractivity contribution in [2.45, 2.75) is 6.04 Å². The lowest BCUT2D eigenvalue weighted by Gasteiger charge is -2.11. The molecule has 1 rings (SSSR count). The fourth-order valence-electron chi connectivity index (χ4n) is 1.03. The maximum atomic E-state index is 10.8. The van der Waals surface area contributed by atoms with E-state index in [2.05, 4.69) is 5.32 Å². The Bertz CT molecular complexity index is 287. The van der Waals surface area contributed by atoms with E-state index in [1.54, 1.807) is 0 Å². The molecule has 0 aliphatic rings. The van der Waals surface area contributed by atoms with Crippen LogP contribution in [0.25, 0.3) is 0 Å². The summed E-state index contributed by atoms with van der Waals surface area (Å²) in [6.45, 7) is 0.184. The van der Waals surface area contributed by atoms with Crippen molar-refractivity contribution >= 4 is 6.09 Å². The summed E-state index contributed by atoms with van der Waals surface area (Å²) in [5, 5.41) is 2.36. The third-order valence-corrected chi connectivity index (χ3v) is 1.83. The topological polar surface area (TPSA) is 64.3 Å². The molecule has 0 aromatic heterocycles. The standard InChI is InChI=1S/C10H14N2O2/c1-12-10(13)14-7-9(11)8-5-3-2-4-6-8/h2-6,9H,7,11H2,1H3,(H,12,13)/t9-/m1/s1. The first-order chi connectivity index (χ1) is 6.74. The third kappa shape index (κ3) is 3.06. The average molecular weight is 194 g/mol. The van der Waals surface area contributed by atoms with Gasteiger partial charge >= 0.3 is 6.09 Å². The van der Waals surface area contributed by atoms with Gasteiger partial charge in [-0.05, 0) is 5.56 Å². The molecular weight excluding hydrogens is 180 g/mol. The van der Waals surface area contributed by atoms with Crippen molar-refractivity contribution in [3.63, 3.8) is 0 Å². The zero-order chi connectivity index (χ0) is 10.4. The lowest BCUT2D eigenvalue weighted by Crippen LogP contribution is -2.25. The minimum absolute atomic E-state index is 0.184. The molecule has 0 saturated heterocycles. The second kappa shape index (κ2) is 5.24. The number of nitrogens with two attached hydrogens (primary N) is 1. The Hall–Kier alpha value is -1.55. The summed E-state index contributed by atoms with van der Waals surface area (Å²) in [5.41, 5.74) is 6.75. The van der Waals surface area contributed by atoms with Crippen LogP contribution in [0.5, 0.6) is 0 Å². The predicted octanol–water partition coefficient (Wildman–Crippen LogP) is 1.04. The van der Waals surface area contributed by atoms with Crippen LogP contribution in [0.4, 0.5) is 4.79 Å². The Morgan fingerprint density at radius 3 is 2.71 bits per heavy atom. The molecule has 1 atom stereocenters.